The zero-order valence-corrected chi connectivity index (χ0v) is 17.0. The van der Waals surface area contributed by atoms with E-state index in [1.165, 1.54) is 96.0 Å². The highest BCUT2D eigenvalue weighted by Crippen LogP contribution is 2.38. The summed E-state index contributed by atoms with van der Waals surface area (Å²) in [5, 5.41) is 8.44. The molecule has 0 radical (unpaired) electrons. The SMILES string of the molecule is CCCCCC1CCC(CCC2CCC(CCC=C(F)C#N)CC2)CC1. The van der Waals surface area contributed by atoms with E-state index in [0.717, 1.165) is 36.5 Å². The lowest BCUT2D eigenvalue weighted by molar-refractivity contribution is 0.209. The van der Waals surface area contributed by atoms with Gasteiger partial charge in [0.1, 0.15) is 6.07 Å². The fourth-order valence-electron chi connectivity index (χ4n) is 5.26. The minimum absolute atomic E-state index is 0.612. The smallest absolute Gasteiger partial charge is 0.195 e. The Morgan fingerprint density at radius 2 is 1.27 bits per heavy atom. The van der Waals surface area contributed by atoms with Gasteiger partial charge in [-0.05, 0) is 42.6 Å². The maximum absolute atomic E-state index is 12.8. The fourth-order valence-corrected chi connectivity index (χ4v) is 5.26. The first-order valence-electron chi connectivity index (χ1n) is 11.5. The molecule has 26 heavy (non-hydrogen) atoms. The van der Waals surface area contributed by atoms with Gasteiger partial charge in [0.05, 0.1) is 0 Å². The van der Waals surface area contributed by atoms with Crippen LogP contribution in [0.25, 0.3) is 0 Å². The summed E-state index contributed by atoms with van der Waals surface area (Å²) in [5.41, 5.74) is 0. The van der Waals surface area contributed by atoms with Gasteiger partial charge < -0.3 is 0 Å². The largest absolute Gasteiger partial charge is 0.196 e. The van der Waals surface area contributed by atoms with Crippen LogP contribution in [0.2, 0.25) is 0 Å². The van der Waals surface area contributed by atoms with Crippen LogP contribution in [0.15, 0.2) is 11.9 Å². The molecule has 0 heterocycles. The Balaban J connectivity index is 1.52. The van der Waals surface area contributed by atoms with Gasteiger partial charge in [-0.2, -0.15) is 9.65 Å². The molecule has 2 aliphatic rings. The van der Waals surface area contributed by atoms with Gasteiger partial charge in [-0.1, -0.05) is 96.8 Å². The Morgan fingerprint density at radius 1 is 0.808 bits per heavy atom. The standard InChI is InChI=1S/C24H40FN/c1-2-3-4-6-20-9-13-22(14-10-20)17-18-23-15-11-21(12-16-23)7-5-8-24(25)19-26/h8,20-23H,2-7,9-18H2,1H3. The molecule has 2 aliphatic carbocycles. The van der Waals surface area contributed by atoms with Crippen molar-refractivity contribution in [2.75, 3.05) is 0 Å². The van der Waals surface area contributed by atoms with Crippen molar-refractivity contribution in [3.63, 3.8) is 0 Å². The predicted octanol–water partition coefficient (Wildman–Crippen LogP) is 8.12. The van der Waals surface area contributed by atoms with Gasteiger partial charge in [0.2, 0.25) is 0 Å². The second-order valence-corrected chi connectivity index (χ2v) is 9.09. The van der Waals surface area contributed by atoms with Crippen LogP contribution in [0.4, 0.5) is 4.39 Å². The summed E-state index contributed by atoms with van der Waals surface area (Å²) in [6.07, 6.45) is 23.2. The van der Waals surface area contributed by atoms with E-state index in [1.807, 2.05) is 0 Å². The Morgan fingerprint density at radius 3 is 1.73 bits per heavy atom. The summed E-state index contributed by atoms with van der Waals surface area (Å²) in [5.74, 6) is 3.13. The van der Waals surface area contributed by atoms with Crippen LogP contribution in [-0.4, -0.2) is 0 Å². The fraction of sp³-hybridized carbons (Fsp3) is 0.875. The van der Waals surface area contributed by atoms with Crippen LogP contribution >= 0.6 is 0 Å². The molecule has 0 spiro atoms. The Bertz CT molecular complexity index is 434. The van der Waals surface area contributed by atoms with Crippen molar-refractivity contribution < 1.29 is 4.39 Å². The van der Waals surface area contributed by atoms with E-state index in [0.29, 0.717) is 0 Å². The highest BCUT2D eigenvalue weighted by molar-refractivity contribution is 5.11. The number of rotatable bonds is 10. The van der Waals surface area contributed by atoms with Crippen LogP contribution in [-0.2, 0) is 0 Å². The molecule has 0 aromatic carbocycles. The van der Waals surface area contributed by atoms with Gasteiger partial charge in [0.15, 0.2) is 5.83 Å². The number of nitriles is 1. The third kappa shape index (κ3) is 8.24. The summed E-state index contributed by atoms with van der Waals surface area (Å²) in [4.78, 5) is 0. The second-order valence-electron chi connectivity index (χ2n) is 9.09. The van der Waals surface area contributed by atoms with E-state index in [-0.39, 0.29) is 0 Å². The lowest BCUT2D eigenvalue weighted by atomic mass is 9.74. The average Bonchev–Trinajstić information content (AvgIpc) is 2.68. The predicted molar refractivity (Wildman–Crippen MR) is 108 cm³/mol. The van der Waals surface area contributed by atoms with Crippen LogP contribution in [0.5, 0.6) is 0 Å². The van der Waals surface area contributed by atoms with E-state index in [9.17, 15) is 4.39 Å². The first-order valence-corrected chi connectivity index (χ1v) is 11.5. The van der Waals surface area contributed by atoms with Gasteiger partial charge >= 0.3 is 0 Å². The molecule has 0 atom stereocenters. The molecule has 0 amide bonds. The Labute approximate surface area is 161 Å². The molecule has 2 saturated carbocycles. The molecule has 2 rings (SSSR count). The molecule has 0 unspecified atom stereocenters. The van der Waals surface area contributed by atoms with Gasteiger partial charge in [0, 0.05) is 0 Å². The van der Waals surface area contributed by atoms with Gasteiger partial charge in [0.25, 0.3) is 0 Å². The summed E-state index contributed by atoms with van der Waals surface area (Å²) < 4.78 is 12.8. The quantitative estimate of drug-likeness (QED) is 0.285. The van der Waals surface area contributed by atoms with Crippen LogP contribution in [0.1, 0.15) is 110 Å². The molecule has 0 saturated heterocycles. The molecule has 0 aliphatic heterocycles. The number of hydrogen-bond donors (Lipinski definition) is 0. The third-order valence-corrected chi connectivity index (χ3v) is 7.14. The van der Waals surface area contributed by atoms with Crippen molar-refractivity contribution in [2.24, 2.45) is 23.7 Å². The highest BCUT2D eigenvalue weighted by atomic mass is 19.1. The minimum atomic E-state index is -0.612. The monoisotopic (exact) mass is 361 g/mol. The maximum atomic E-state index is 12.8. The van der Waals surface area contributed by atoms with Crippen molar-refractivity contribution in [1.82, 2.24) is 0 Å². The number of halogens is 1. The van der Waals surface area contributed by atoms with Gasteiger partial charge in [-0.25, -0.2) is 0 Å². The van der Waals surface area contributed by atoms with Crippen molar-refractivity contribution in [3.05, 3.63) is 11.9 Å². The molecule has 1 nitrogen and oxygen atoms in total. The Kier molecular flexibility index (Phi) is 10.3. The molecule has 0 N–H and O–H groups in total. The molecule has 148 valence electrons. The summed E-state index contributed by atoms with van der Waals surface area (Å²) in [7, 11) is 0. The van der Waals surface area contributed by atoms with Gasteiger partial charge in [-0.3, -0.25) is 0 Å². The molecule has 0 aromatic rings. The maximum Gasteiger partial charge on any atom is 0.196 e. The second kappa shape index (κ2) is 12.5. The van der Waals surface area contributed by atoms with Crippen LogP contribution < -0.4 is 0 Å². The summed E-state index contributed by atoms with van der Waals surface area (Å²) >= 11 is 0. The molecule has 2 fully saturated rings. The van der Waals surface area contributed by atoms with Gasteiger partial charge in [-0.15, -0.1) is 0 Å². The van der Waals surface area contributed by atoms with E-state index < -0.39 is 5.83 Å². The van der Waals surface area contributed by atoms with E-state index >= 15 is 0 Å². The first-order chi connectivity index (χ1) is 12.7. The zero-order valence-electron chi connectivity index (χ0n) is 17.0. The number of unbranched alkanes of at least 4 members (excludes halogenated alkanes) is 2. The van der Waals surface area contributed by atoms with Crippen LogP contribution in [0, 0.1) is 35.0 Å². The minimum Gasteiger partial charge on any atom is -0.195 e. The van der Waals surface area contributed by atoms with E-state index in [2.05, 4.69) is 6.92 Å². The topological polar surface area (TPSA) is 23.8 Å². The lowest BCUT2D eigenvalue weighted by Crippen LogP contribution is -2.18. The molecular formula is C24H40FN. The van der Waals surface area contributed by atoms with Crippen molar-refractivity contribution in [1.29, 1.82) is 5.26 Å². The summed E-state index contributed by atoms with van der Waals surface area (Å²) in [6.45, 7) is 2.30. The highest BCUT2D eigenvalue weighted by Gasteiger charge is 2.24. The number of allylic oxidation sites excluding steroid dienone is 2. The lowest BCUT2D eigenvalue weighted by Gasteiger charge is -2.32. The Hall–Kier alpha value is -0.840. The summed E-state index contributed by atoms with van der Waals surface area (Å²) in [6, 6.07) is 1.57. The van der Waals surface area contributed by atoms with Crippen molar-refractivity contribution in [3.8, 4) is 6.07 Å². The average molecular weight is 362 g/mol. The third-order valence-electron chi connectivity index (χ3n) is 7.14. The van der Waals surface area contributed by atoms with E-state index in [1.54, 1.807) is 6.07 Å². The van der Waals surface area contributed by atoms with Crippen molar-refractivity contribution in [2.45, 2.75) is 110 Å². The molecule has 0 bridgehead atoms. The molecule has 2 heteroatoms. The zero-order chi connectivity index (χ0) is 18.6. The normalized spacial score (nSPS) is 30.1. The number of hydrogen-bond acceptors (Lipinski definition) is 1. The van der Waals surface area contributed by atoms with Crippen molar-refractivity contribution >= 4 is 0 Å². The first kappa shape index (κ1) is 21.5. The molecular weight excluding hydrogens is 321 g/mol. The molecule has 0 aromatic heterocycles. The van der Waals surface area contributed by atoms with E-state index in [4.69, 9.17) is 5.26 Å². The van der Waals surface area contributed by atoms with Crippen LogP contribution in [0.3, 0.4) is 0 Å². The number of nitrogens with zero attached hydrogens (tertiary/aromatic N) is 1.